The second kappa shape index (κ2) is 5.65. The highest BCUT2D eigenvalue weighted by atomic mass is 16.6. The zero-order valence-electron chi connectivity index (χ0n) is 12.8. The number of aromatic nitrogens is 1. The van der Waals surface area contributed by atoms with Gasteiger partial charge in [-0.1, -0.05) is 0 Å². The average Bonchev–Trinajstić information content (AvgIpc) is 2.43. The first kappa shape index (κ1) is 15.2. The van der Waals surface area contributed by atoms with E-state index in [0.717, 1.165) is 0 Å². The molecule has 0 saturated heterocycles. The van der Waals surface area contributed by atoms with Crippen LogP contribution in [0.5, 0.6) is 0 Å². The molecule has 1 aromatic carbocycles. The molecule has 0 radical (unpaired) electrons. The first-order chi connectivity index (χ1) is 9.83. The van der Waals surface area contributed by atoms with Gasteiger partial charge in [-0.15, -0.1) is 0 Å². The molecule has 0 spiro atoms. The molecule has 1 heterocycles. The molecule has 0 unspecified atom stereocenters. The van der Waals surface area contributed by atoms with Gasteiger partial charge in [-0.25, -0.2) is 0 Å². The van der Waals surface area contributed by atoms with E-state index >= 15 is 0 Å². The van der Waals surface area contributed by atoms with Gasteiger partial charge in [-0.2, -0.15) is 0 Å². The van der Waals surface area contributed by atoms with Gasteiger partial charge in [-0.05, 0) is 52.2 Å². The number of nitrogens with zero attached hydrogens (tertiary/aromatic N) is 3. The van der Waals surface area contributed by atoms with Crippen LogP contribution in [0.25, 0.3) is 10.9 Å². The van der Waals surface area contributed by atoms with Gasteiger partial charge in [0.1, 0.15) is 5.69 Å². The standard InChI is InChI=1S/C15H20N4O2/c1-15(2,18(3)4)10-17-13-8-7-12-11(6-5-9-16-12)14(13)19(20)21/h5-9,17H,10H2,1-4H3. The molecule has 6 heteroatoms. The van der Waals surface area contributed by atoms with Crippen molar-refractivity contribution in [3.63, 3.8) is 0 Å². The maximum absolute atomic E-state index is 11.4. The number of nitro benzene ring substituents is 1. The van der Waals surface area contributed by atoms with Crippen LogP contribution in [0.4, 0.5) is 11.4 Å². The minimum absolute atomic E-state index is 0.0788. The smallest absolute Gasteiger partial charge is 0.301 e. The fourth-order valence-electron chi connectivity index (χ4n) is 1.95. The highest BCUT2D eigenvalue weighted by molar-refractivity contribution is 5.94. The Hall–Kier alpha value is -2.21. The number of nitro groups is 1. The van der Waals surface area contributed by atoms with Crippen LogP contribution in [-0.2, 0) is 0 Å². The lowest BCUT2D eigenvalue weighted by Crippen LogP contribution is -2.44. The summed E-state index contributed by atoms with van der Waals surface area (Å²) in [5, 5.41) is 15.2. The molecule has 0 amide bonds. The summed E-state index contributed by atoms with van der Waals surface area (Å²) in [5.74, 6) is 0. The van der Waals surface area contributed by atoms with Crippen molar-refractivity contribution in [3.05, 3.63) is 40.6 Å². The molecule has 0 fully saturated rings. The van der Waals surface area contributed by atoms with Crippen LogP contribution in [0, 0.1) is 10.1 Å². The van der Waals surface area contributed by atoms with Crippen LogP contribution in [-0.4, -0.2) is 41.0 Å². The third-order valence-electron chi connectivity index (χ3n) is 3.86. The number of benzene rings is 1. The van der Waals surface area contributed by atoms with Crippen LogP contribution in [0.2, 0.25) is 0 Å². The van der Waals surface area contributed by atoms with Crippen molar-refractivity contribution < 1.29 is 4.92 Å². The van der Waals surface area contributed by atoms with Gasteiger partial charge in [0.05, 0.1) is 15.8 Å². The normalized spacial score (nSPS) is 11.9. The molecule has 1 aromatic heterocycles. The monoisotopic (exact) mass is 288 g/mol. The number of hydrogen-bond acceptors (Lipinski definition) is 5. The molecular formula is C15H20N4O2. The van der Waals surface area contributed by atoms with E-state index in [1.807, 2.05) is 14.1 Å². The van der Waals surface area contributed by atoms with E-state index in [1.54, 1.807) is 30.5 Å². The van der Waals surface area contributed by atoms with Gasteiger partial charge in [-0.3, -0.25) is 15.1 Å². The first-order valence-electron chi connectivity index (χ1n) is 6.76. The summed E-state index contributed by atoms with van der Waals surface area (Å²) in [6.07, 6.45) is 1.63. The van der Waals surface area contributed by atoms with Crippen molar-refractivity contribution in [2.24, 2.45) is 0 Å². The highest BCUT2D eigenvalue weighted by Crippen LogP contribution is 2.32. The minimum Gasteiger partial charge on any atom is -0.378 e. The largest absolute Gasteiger partial charge is 0.378 e. The number of hydrogen-bond donors (Lipinski definition) is 1. The Morgan fingerprint density at radius 2 is 2.05 bits per heavy atom. The summed E-state index contributed by atoms with van der Waals surface area (Å²) in [5.41, 5.74) is 1.12. The third kappa shape index (κ3) is 3.11. The Morgan fingerprint density at radius 3 is 2.67 bits per heavy atom. The van der Waals surface area contributed by atoms with E-state index in [4.69, 9.17) is 0 Å². The van der Waals surface area contributed by atoms with Crippen LogP contribution < -0.4 is 5.32 Å². The molecule has 0 atom stereocenters. The predicted octanol–water partition coefficient (Wildman–Crippen LogP) is 2.90. The Balaban J connectivity index is 2.40. The van der Waals surface area contributed by atoms with Crippen LogP contribution in [0.15, 0.2) is 30.5 Å². The van der Waals surface area contributed by atoms with Gasteiger partial charge in [0, 0.05) is 18.3 Å². The van der Waals surface area contributed by atoms with Crippen molar-refractivity contribution in [1.82, 2.24) is 9.88 Å². The van der Waals surface area contributed by atoms with Crippen molar-refractivity contribution >= 4 is 22.3 Å². The Morgan fingerprint density at radius 1 is 1.33 bits per heavy atom. The molecule has 0 aliphatic rings. The number of fused-ring (bicyclic) bond motifs is 1. The van der Waals surface area contributed by atoms with Crippen molar-refractivity contribution in [3.8, 4) is 0 Å². The second-order valence-corrected chi connectivity index (χ2v) is 5.85. The van der Waals surface area contributed by atoms with Gasteiger partial charge in [0.25, 0.3) is 0 Å². The van der Waals surface area contributed by atoms with Gasteiger partial charge in [0.2, 0.25) is 0 Å². The summed E-state index contributed by atoms with van der Waals surface area (Å²) in [7, 11) is 3.97. The topological polar surface area (TPSA) is 71.3 Å². The summed E-state index contributed by atoms with van der Waals surface area (Å²) >= 11 is 0. The third-order valence-corrected chi connectivity index (χ3v) is 3.86. The van der Waals surface area contributed by atoms with Gasteiger partial charge >= 0.3 is 5.69 Å². The van der Waals surface area contributed by atoms with Crippen LogP contribution in [0.3, 0.4) is 0 Å². The van der Waals surface area contributed by atoms with E-state index in [1.165, 1.54) is 0 Å². The maximum atomic E-state index is 11.4. The lowest BCUT2D eigenvalue weighted by atomic mass is 10.0. The number of rotatable bonds is 5. The summed E-state index contributed by atoms with van der Waals surface area (Å²) < 4.78 is 0. The summed E-state index contributed by atoms with van der Waals surface area (Å²) in [6.45, 7) is 4.76. The quantitative estimate of drug-likeness (QED) is 0.676. The molecule has 0 saturated carbocycles. The molecule has 21 heavy (non-hydrogen) atoms. The SMILES string of the molecule is CN(C)C(C)(C)CNc1ccc2ncccc2c1[N+](=O)[O-]. The second-order valence-electron chi connectivity index (χ2n) is 5.85. The summed E-state index contributed by atoms with van der Waals surface area (Å²) in [4.78, 5) is 17.3. The molecule has 0 bridgehead atoms. The zero-order valence-corrected chi connectivity index (χ0v) is 12.8. The van der Waals surface area contributed by atoms with Gasteiger partial charge in [0.15, 0.2) is 0 Å². The Labute approximate surface area is 123 Å². The van der Waals surface area contributed by atoms with E-state index in [9.17, 15) is 10.1 Å². The number of nitrogens with one attached hydrogen (secondary N) is 1. The van der Waals surface area contributed by atoms with Crippen molar-refractivity contribution in [2.75, 3.05) is 26.0 Å². The van der Waals surface area contributed by atoms with Crippen molar-refractivity contribution in [2.45, 2.75) is 19.4 Å². The number of likely N-dealkylation sites (N-methyl/N-ethyl adjacent to an activating group) is 1. The molecular weight excluding hydrogens is 268 g/mol. The van der Waals surface area contributed by atoms with E-state index < -0.39 is 0 Å². The average molecular weight is 288 g/mol. The minimum atomic E-state index is -0.352. The lowest BCUT2D eigenvalue weighted by Gasteiger charge is -2.33. The molecule has 1 N–H and O–H groups in total. The fraction of sp³-hybridized carbons (Fsp3) is 0.400. The lowest BCUT2D eigenvalue weighted by molar-refractivity contribution is -0.382. The number of anilines is 1. The molecule has 0 aliphatic heterocycles. The predicted molar refractivity (Wildman–Crippen MR) is 84.7 cm³/mol. The molecule has 112 valence electrons. The molecule has 2 rings (SSSR count). The van der Waals surface area contributed by atoms with Crippen LogP contribution in [0.1, 0.15) is 13.8 Å². The first-order valence-corrected chi connectivity index (χ1v) is 6.76. The summed E-state index contributed by atoms with van der Waals surface area (Å²) in [6, 6.07) is 6.96. The highest BCUT2D eigenvalue weighted by Gasteiger charge is 2.23. The molecule has 2 aromatic rings. The van der Waals surface area contributed by atoms with Crippen molar-refractivity contribution in [1.29, 1.82) is 0 Å². The van der Waals surface area contributed by atoms with Gasteiger partial charge < -0.3 is 10.2 Å². The van der Waals surface area contributed by atoms with Crippen LogP contribution >= 0.6 is 0 Å². The van der Waals surface area contributed by atoms with E-state index in [2.05, 4.69) is 29.0 Å². The Bertz CT molecular complexity index is 668. The number of pyridine rings is 1. The van der Waals surface area contributed by atoms with E-state index in [0.29, 0.717) is 23.1 Å². The van der Waals surface area contributed by atoms with E-state index in [-0.39, 0.29) is 16.1 Å². The zero-order chi connectivity index (χ0) is 15.6. The fourth-order valence-corrected chi connectivity index (χ4v) is 1.95. The Kier molecular flexibility index (Phi) is 4.09. The molecule has 6 nitrogen and oxygen atoms in total. The maximum Gasteiger partial charge on any atom is 0.301 e. The molecule has 0 aliphatic carbocycles.